The predicted molar refractivity (Wildman–Crippen MR) is 79.4 cm³/mol. The highest BCUT2D eigenvalue weighted by atomic mass is 79.9. The van der Waals surface area contributed by atoms with Crippen LogP contribution in [0.1, 0.15) is 12.6 Å². The van der Waals surface area contributed by atoms with E-state index in [2.05, 4.69) is 47.7 Å². The van der Waals surface area contributed by atoms with Crippen LogP contribution in [0.5, 0.6) is 0 Å². The number of terminal acetylenes is 1. The van der Waals surface area contributed by atoms with Crippen LogP contribution in [0.15, 0.2) is 21.7 Å². The Balaban J connectivity index is 2.75. The quantitative estimate of drug-likeness (QED) is 0.523. The molecule has 1 aromatic heterocycles. The molecule has 1 heterocycles. The van der Waals surface area contributed by atoms with Gasteiger partial charge in [-0.2, -0.15) is 0 Å². The van der Waals surface area contributed by atoms with Gasteiger partial charge in [0.2, 0.25) is 0 Å². The Kier molecular flexibility index (Phi) is 5.79. The maximum absolute atomic E-state index is 5.24. The van der Waals surface area contributed by atoms with Crippen molar-refractivity contribution < 1.29 is 0 Å². The number of nitrogens with one attached hydrogen (secondary N) is 1. The van der Waals surface area contributed by atoms with Crippen LogP contribution >= 0.6 is 15.9 Å². The molecule has 0 radical (unpaired) electrons. The van der Waals surface area contributed by atoms with Gasteiger partial charge in [-0.15, -0.1) is 6.42 Å². The fraction of sp³-hybridized carbons (Fsp3) is 0.462. The summed E-state index contributed by atoms with van der Waals surface area (Å²) < 4.78 is 3.17. The Labute approximate surface area is 117 Å². The largest absolute Gasteiger partial charge is 0.356 e. The molecule has 0 bridgehead atoms. The molecule has 0 aliphatic rings. The Hall–Kier alpha value is -1.41. The van der Waals surface area contributed by atoms with E-state index in [1.165, 1.54) is 5.69 Å². The summed E-state index contributed by atoms with van der Waals surface area (Å²) in [6.07, 6.45) is 7.28. The normalized spacial score (nSPS) is 11.2. The zero-order valence-electron chi connectivity index (χ0n) is 11.1. The van der Waals surface area contributed by atoms with Gasteiger partial charge < -0.3 is 14.8 Å². The summed E-state index contributed by atoms with van der Waals surface area (Å²) in [5.74, 6) is 3.35. The minimum absolute atomic E-state index is 0.392. The summed E-state index contributed by atoms with van der Waals surface area (Å²) in [5.41, 5.74) is 1.20. The second-order valence-electron chi connectivity index (χ2n) is 3.99. The molecule has 0 unspecified atom stereocenters. The minimum Gasteiger partial charge on any atom is -0.356 e. The topological polar surface area (TPSA) is 32.6 Å². The van der Waals surface area contributed by atoms with Gasteiger partial charge in [-0.05, 0) is 28.9 Å². The number of halogens is 1. The van der Waals surface area contributed by atoms with Crippen molar-refractivity contribution in [3.63, 3.8) is 0 Å². The highest BCUT2D eigenvalue weighted by Crippen LogP contribution is 2.14. The maximum Gasteiger partial charge on any atom is 0.194 e. The lowest BCUT2D eigenvalue weighted by atomic mass is 10.4. The molecule has 1 rings (SSSR count). The van der Waals surface area contributed by atoms with E-state index in [1.54, 1.807) is 0 Å². The van der Waals surface area contributed by atoms with E-state index in [1.807, 2.05) is 27.2 Å². The molecule has 0 aliphatic heterocycles. The van der Waals surface area contributed by atoms with Crippen LogP contribution in [0.3, 0.4) is 0 Å². The molecule has 0 amide bonds. The van der Waals surface area contributed by atoms with Crippen LogP contribution in [-0.2, 0) is 13.6 Å². The third-order valence-corrected chi connectivity index (χ3v) is 2.92. The van der Waals surface area contributed by atoms with Crippen molar-refractivity contribution in [1.29, 1.82) is 0 Å². The van der Waals surface area contributed by atoms with E-state index in [4.69, 9.17) is 6.42 Å². The van der Waals surface area contributed by atoms with Crippen molar-refractivity contribution in [2.45, 2.75) is 13.5 Å². The number of aromatic nitrogens is 1. The van der Waals surface area contributed by atoms with Crippen LogP contribution in [0.4, 0.5) is 0 Å². The van der Waals surface area contributed by atoms with Gasteiger partial charge in [-0.3, -0.25) is 0 Å². The number of hydrogen-bond acceptors (Lipinski definition) is 1. The molecule has 0 saturated carbocycles. The first-order chi connectivity index (χ1) is 8.58. The van der Waals surface area contributed by atoms with Crippen molar-refractivity contribution in [3.05, 3.63) is 22.4 Å². The Morgan fingerprint density at radius 2 is 2.39 bits per heavy atom. The first-order valence-electron chi connectivity index (χ1n) is 5.82. The van der Waals surface area contributed by atoms with Crippen LogP contribution in [0.2, 0.25) is 0 Å². The van der Waals surface area contributed by atoms with Crippen LogP contribution in [0.25, 0.3) is 0 Å². The summed E-state index contributed by atoms with van der Waals surface area (Å²) in [5, 5.41) is 3.22. The lowest BCUT2D eigenvalue weighted by Gasteiger charge is -2.22. The van der Waals surface area contributed by atoms with Crippen molar-refractivity contribution in [2.75, 3.05) is 20.1 Å². The van der Waals surface area contributed by atoms with Gasteiger partial charge >= 0.3 is 0 Å². The molecule has 1 aromatic rings. The molecule has 0 fully saturated rings. The minimum atomic E-state index is 0.392. The van der Waals surface area contributed by atoms with Crippen LogP contribution < -0.4 is 5.32 Å². The molecule has 98 valence electrons. The number of aliphatic imine (C=N–C) groups is 1. The highest BCUT2D eigenvalue weighted by molar-refractivity contribution is 9.10. The van der Waals surface area contributed by atoms with E-state index in [0.29, 0.717) is 6.54 Å². The van der Waals surface area contributed by atoms with Crippen LogP contribution in [-0.4, -0.2) is 35.6 Å². The lowest BCUT2D eigenvalue weighted by molar-refractivity contribution is 0.463. The van der Waals surface area contributed by atoms with Crippen molar-refractivity contribution >= 4 is 21.9 Å². The zero-order valence-corrected chi connectivity index (χ0v) is 12.7. The Morgan fingerprint density at radius 3 is 2.89 bits per heavy atom. The second-order valence-corrected chi connectivity index (χ2v) is 4.91. The van der Waals surface area contributed by atoms with E-state index < -0.39 is 0 Å². The molecule has 5 heteroatoms. The van der Waals surface area contributed by atoms with E-state index in [0.717, 1.165) is 23.5 Å². The lowest BCUT2D eigenvalue weighted by Crippen LogP contribution is -2.38. The summed E-state index contributed by atoms with van der Waals surface area (Å²) in [7, 11) is 4.03. The van der Waals surface area contributed by atoms with Gasteiger partial charge in [-0.1, -0.05) is 5.92 Å². The summed E-state index contributed by atoms with van der Waals surface area (Å²) in [4.78, 5) is 6.40. The van der Waals surface area contributed by atoms with Gasteiger partial charge in [-0.25, -0.2) is 4.99 Å². The molecule has 18 heavy (non-hydrogen) atoms. The molecule has 0 spiro atoms. The molecule has 0 aromatic carbocycles. The Bertz CT molecular complexity index is 456. The number of guanidine groups is 1. The molecule has 0 atom stereocenters. The third kappa shape index (κ3) is 4.11. The number of nitrogens with zero attached hydrogens (tertiary/aromatic N) is 3. The maximum atomic E-state index is 5.24. The molecule has 0 aliphatic carbocycles. The average molecular weight is 311 g/mol. The number of aryl methyl sites for hydroxylation is 1. The smallest absolute Gasteiger partial charge is 0.194 e. The van der Waals surface area contributed by atoms with Crippen molar-refractivity contribution in [1.82, 2.24) is 14.8 Å². The third-order valence-electron chi connectivity index (χ3n) is 2.49. The molecular formula is C13H19BrN4. The van der Waals surface area contributed by atoms with Crippen molar-refractivity contribution in [2.24, 2.45) is 12.0 Å². The van der Waals surface area contributed by atoms with Gasteiger partial charge in [0, 0.05) is 37.0 Å². The van der Waals surface area contributed by atoms with E-state index in [9.17, 15) is 0 Å². The first kappa shape index (κ1) is 14.7. The highest BCUT2D eigenvalue weighted by Gasteiger charge is 2.09. The van der Waals surface area contributed by atoms with Gasteiger partial charge in [0.25, 0.3) is 0 Å². The average Bonchev–Trinajstić information content (AvgIpc) is 2.63. The van der Waals surface area contributed by atoms with Crippen LogP contribution in [0, 0.1) is 12.3 Å². The molecule has 4 nitrogen and oxygen atoms in total. The van der Waals surface area contributed by atoms with E-state index in [-0.39, 0.29) is 0 Å². The summed E-state index contributed by atoms with van der Waals surface area (Å²) in [6.45, 7) is 4.03. The predicted octanol–water partition coefficient (Wildman–Crippen LogP) is 1.82. The van der Waals surface area contributed by atoms with E-state index >= 15 is 0 Å². The fourth-order valence-corrected chi connectivity index (χ4v) is 2.20. The van der Waals surface area contributed by atoms with Gasteiger partial charge in [0.15, 0.2) is 5.96 Å². The summed E-state index contributed by atoms with van der Waals surface area (Å²) >= 11 is 3.47. The Morgan fingerprint density at radius 1 is 1.67 bits per heavy atom. The van der Waals surface area contributed by atoms with Gasteiger partial charge in [0.1, 0.15) is 6.54 Å². The SMILES string of the molecule is C#CCN=C(NCC)N(C)Cc1cc(Br)cn1C. The summed E-state index contributed by atoms with van der Waals surface area (Å²) in [6, 6.07) is 2.10. The fourth-order valence-electron chi connectivity index (χ4n) is 1.63. The van der Waals surface area contributed by atoms with Crippen molar-refractivity contribution in [3.8, 4) is 12.3 Å². The monoisotopic (exact) mass is 310 g/mol. The number of rotatable bonds is 4. The molecule has 1 N–H and O–H groups in total. The standard InChI is InChI=1S/C13H19BrN4/c1-5-7-16-13(15-6-2)18(4)10-12-8-11(14)9-17(12)3/h1,8-9H,6-7,10H2,2-4H3,(H,15,16). The first-order valence-corrected chi connectivity index (χ1v) is 6.61. The van der Waals surface area contributed by atoms with Gasteiger partial charge in [0.05, 0.1) is 6.54 Å². The number of hydrogen-bond donors (Lipinski definition) is 1. The zero-order chi connectivity index (χ0) is 13.5. The second kappa shape index (κ2) is 7.12. The molecule has 0 saturated heterocycles. The molecular weight excluding hydrogens is 292 g/mol.